The topological polar surface area (TPSA) is 90.6 Å². The second kappa shape index (κ2) is 8.53. The molecule has 2 rings (SSSR count). The minimum atomic E-state index is -3.63. The number of nitrogens with one attached hydrogen (secondary N) is 1. The van der Waals surface area contributed by atoms with E-state index in [1.54, 1.807) is 57.4 Å². The molecule has 0 heterocycles. The van der Waals surface area contributed by atoms with E-state index in [0.29, 0.717) is 11.5 Å². The molecule has 0 spiro atoms. The summed E-state index contributed by atoms with van der Waals surface area (Å²) < 4.78 is 38.0. The van der Waals surface area contributed by atoms with Crippen LogP contribution in [0.1, 0.15) is 13.8 Å². The van der Waals surface area contributed by atoms with Crippen molar-refractivity contribution in [3.63, 3.8) is 0 Å². The van der Waals surface area contributed by atoms with Crippen molar-refractivity contribution in [1.82, 2.24) is 4.72 Å². The normalized spacial score (nSPS) is 11.5. The highest BCUT2D eigenvalue weighted by molar-refractivity contribution is 7.89. The summed E-state index contributed by atoms with van der Waals surface area (Å²) in [6.45, 7) is 3.66. The number of rotatable bonds is 7. The third kappa shape index (κ3) is 5.89. The van der Waals surface area contributed by atoms with Crippen molar-refractivity contribution in [2.24, 2.45) is 5.73 Å². The van der Waals surface area contributed by atoms with Crippen LogP contribution < -0.4 is 19.9 Å². The Bertz CT molecular complexity index is 775. The molecule has 0 aliphatic carbocycles. The monoisotopic (exact) mass is 386 g/mol. The van der Waals surface area contributed by atoms with Gasteiger partial charge in [0, 0.05) is 12.1 Å². The third-order valence-corrected chi connectivity index (χ3v) is 5.06. The van der Waals surface area contributed by atoms with Crippen molar-refractivity contribution >= 4 is 22.4 Å². The number of ether oxygens (including phenoxy) is 2. The minimum Gasteiger partial charge on any atom is -0.497 e. The number of benzene rings is 2. The number of sulfonamides is 1. The largest absolute Gasteiger partial charge is 0.497 e. The van der Waals surface area contributed by atoms with Crippen LogP contribution in [-0.2, 0) is 10.0 Å². The quantitative estimate of drug-likeness (QED) is 0.763. The van der Waals surface area contributed by atoms with Gasteiger partial charge in [0.05, 0.1) is 12.0 Å². The van der Waals surface area contributed by atoms with E-state index in [-0.39, 0.29) is 23.8 Å². The lowest BCUT2D eigenvalue weighted by atomic mass is 10.1. The lowest BCUT2D eigenvalue weighted by Crippen LogP contribution is -2.48. The van der Waals surface area contributed by atoms with Crippen LogP contribution in [0.3, 0.4) is 0 Å². The molecular formula is C17H23ClN2O4S. The molecule has 0 unspecified atom stereocenters. The molecule has 0 aliphatic heterocycles. The van der Waals surface area contributed by atoms with Crippen molar-refractivity contribution < 1.29 is 17.9 Å². The molecule has 8 heteroatoms. The second-order valence-electron chi connectivity index (χ2n) is 5.94. The molecule has 0 saturated carbocycles. The van der Waals surface area contributed by atoms with Gasteiger partial charge in [0.1, 0.15) is 17.2 Å². The second-order valence-corrected chi connectivity index (χ2v) is 7.62. The molecule has 2 aromatic carbocycles. The SMILES string of the molecule is COc1ccc(Oc2ccc(S(=O)(=O)NC(C)(C)CN)cc2)cc1.Cl. The Kier molecular flexibility index (Phi) is 7.25. The molecule has 0 aromatic heterocycles. The Morgan fingerprint density at radius 2 is 1.40 bits per heavy atom. The standard InChI is InChI=1S/C17H22N2O4S.ClH/c1-17(2,12-18)19-24(20,21)16-10-8-15(9-11-16)23-14-6-4-13(22-3)5-7-14;/h4-11,19H,12,18H2,1-3H3;1H. The summed E-state index contributed by atoms with van der Waals surface area (Å²) in [7, 11) is -2.04. The average Bonchev–Trinajstić information content (AvgIpc) is 2.55. The molecule has 138 valence electrons. The molecule has 0 radical (unpaired) electrons. The Labute approximate surface area is 154 Å². The van der Waals surface area contributed by atoms with Gasteiger partial charge in [0.2, 0.25) is 10.0 Å². The Hall–Kier alpha value is -1.80. The van der Waals surface area contributed by atoms with Crippen LogP contribution >= 0.6 is 12.4 Å². The first kappa shape index (κ1) is 21.2. The lowest BCUT2D eigenvalue weighted by molar-refractivity contribution is 0.413. The van der Waals surface area contributed by atoms with E-state index in [4.69, 9.17) is 15.2 Å². The first-order chi connectivity index (χ1) is 11.3. The highest BCUT2D eigenvalue weighted by atomic mass is 35.5. The van der Waals surface area contributed by atoms with E-state index in [9.17, 15) is 8.42 Å². The van der Waals surface area contributed by atoms with Gasteiger partial charge in [-0.2, -0.15) is 0 Å². The predicted octanol–water partition coefficient (Wildman–Crippen LogP) is 2.92. The van der Waals surface area contributed by atoms with Gasteiger partial charge in [-0.25, -0.2) is 13.1 Å². The Morgan fingerprint density at radius 1 is 0.960 bits per heavy atom. The summed E-state index contributed by atoms with van der Waals surface area (Å²) in [6.07, 6.45) is 0. The summed E-state index contributed by atoms with van der Waals surface area (Å²) in [5.41, 5.74) is 4.86. The summed E-state index contributed by atoms with van der Waals surface area (Å²) in [5, 5.41) is 0. The summed E-state index contributed by atoms with van der Waals surface area (Å²) in [6, 6.07) is 13.3. The lowest BCUT2D eigenvalue weighted by Gasteiger charge is -2.23. The summed E-state index contributed by atoms with van der Waals surface area (Å²) >= 11 is 0. The molecule has 0 saturated heterocycles. The van der Waals surface area contributed by atoms with Crippen LogP contribution in [0.15, 0.2) is 53.4 Å². The number of hydrogen-bond acceptors (Lipinski definition) is 5. The predicted molar refractivity (Wildman–Crippen MR) is 100 cm³/mol. The van der Waals surface area contributed by atoms with Gasteiger partial charge in [-0.3, -0.25) is 0 Å². The van der Waals surface area contributed by atoms with Gasteiger partial charge >= 0.3 is 0 Å². The maximum atomic E-state index is 12.3. The van der Waals surface area contributed by atoms with Crippen LogP contribution in [0.25, 0.3) is 0 Å². The van der Waals surface area contributed by atoms with Gasteiger partial charge in [-0.1, -0.05) is 0 Å². The van der Waals surface area contributed by atoms with Crippen molar-refractivity contribution in [1.29, 1.82) is 0 Å². The number of nitrogens with two attached hydrogens (primary N) is 1. The van der Waals surface area contributed by atoms with Gasteiger partial charge < -0.3 is 15.2 Å². The van der Waals surface area contributed by atoms with E-state index in [0.717, 1.165) is 5.75 Å². The fourth-order valence-electron chi connectivity index (χ4n) is 1.93. The smallest absolute Gasteiger partial charge is 0.241 e. The zero-order valence-corrected chi connectivity index (χ0v) is 16.0. The van der Waals surface area contributed by atoms with Crippen LogP contribution in [0.4, 0.5) is 0 Å². The van der Waals surface area contributed by atoms with Gasteiger partial charge in [0.15, 0.2) is 0 Å². The molecule has 6 nitrogen and oxygen atoms in total. The first-order valence-corrected chi connectivity index (χ1v) is 8.90. The van der Waals surface area contributed by atoms with E-state index in [1.807, 2.05) is 0 Å². The van der Waals surface area contributed by atoms with Crippen LogP contribution in [0.2, 0.25) is 0 Å². The molecular weight excluding hydrogens is 364 g/mol. The molecule has 0 amide bonds. The summed E-state index contributed by atoms with van der Waals surface area (Å²) in [5.74, 6) is 1.91. The zero-order chi connectivity index (χ0) is 17.8. The van der Waals surface area contributed by atoms with Gasteiger partial charge in [0.25, 0.3) is 0 Å². The van der Waals surface area contributed by atoms with E-state index in [1.165, 1.54) is 12.1 Å². The van der Waals surface area contributed by atoms with Gasteiger partial charge in [-0.05, 0) is 62.4 Å². The van der Waals surface area contributed by atoms with E-state index in [2.05, 4.69) is 4.72 Å². The Balaban J connectivity index is 0.00000312. The molecule has 0 aliphatic rings. The van der Waals surface area contributed by atoms with Crippen LogP contribution in [-0.4, -0.2) is 27.6 Å². The molecule has 2 aromatic rings. The number of methoxy groups -OCH3 is 1. The zero-order valence-electron chi connectivity index (χ0n) is 14.4. The Morgan fingerprint density at radius 3 is 1.84 bits per heavy atom. The third-order valence-electron chi connectivity index (χ3n) is 3.35. The average molecular weight is 387 g/mol. The van der Waals surface area contributed by atoms with Crippen molar-refractivity contribution in [2.45, 2.75) is 24.3 Å². The fourth-order valence-corrected chi connectivity index (χ4v) is 3.35. The maximum absolute atomic E-state index is 12.3. The van der Waals surface area contributed by atoms with Crippen molar-refractivity contribution in [3.05, 3.63) is 48.5 Å². The molecule has 25 heavy (non-hydrogen) atoms. The van der Waals surface area contributed by atoms with E-state index < -0.39 is 15.6 Å². The minimum absolute atomic E-state index is 0. The first-order valence-electron chi connectivity index (χ1n) is 7.42. The molecule has 0 bridgehead atoms. The highest BCUT2D eigenvalue weighted by Gasteiger charge is 2.24. The number of hydrogen-bond donors (Lipinski definition) is 2. The van der Waals surface area contributed by atoms with Gasteiger partial charge in [-0.15, -0.1) is 12.4 Å². The fraction of sp³-hybridized carbons (Fsp3) is 0.294. The molecule has 0 fully saturated rings. The van der Waals surface area contributed by atoms with Crippen molar-refractivity contribution in [3.8, 4) is 17.2 Å². The maximum Gasteiger partial charge on any atom is 0.241 e. The van der Waals surface area contributed by atoms with Crippen LogP contribution in [0.5, 0.6) is 17.2 Å². The molecule has 0 atom stereocenters. The highest BCUT2D eigenvalue weighted by Crippen LogP contribution is 2.25. The van der Waals surface area contributed by atoms with Crippen LogP contribution in [0, 0.1) is 0 Å². The van der Waals surface area contributed by atoms with E-state index >= 15 is 0 Å². The van der Waals surface area contributed by atoms with Crippen molar-refractivity contribution in [2.75, 3.05) is 13.7 Å². The number of halogens is 1. The molecule has 3 N–H and O–H groups in total. The summed E-state index contributed by atoms with van der Waals surface area (Å²) in [4.78, 5) is 0.158.